The standard InChI is InChI=1S/C18H21F3N2O5/c1-11(24)27-16-6-13(7-22(10-16)17(26)23-8-14(25)9-23)12-2-4-15(5-3-12)28-18(19,20)21/h2-5,13-14,16,25H,6-10H2,1H3. The zero-order valence-electron chi connectivity index (χ0n) is 15.2. The van der Waals surface area contributed by atoms with Gasteiger partial charge < -0.3 is 24.4 Å². The molecule has 0 bridgehead atoms. The van der Waals surface area contributed by atoms with Crippen molar-refractivity contribution in [2.45, 2.75) is 37.8 Å². The molecular weight excluding hydrogens is 381 g/mol. The van der Waals surface area contributed by atoms with E-state index in [1.165, 1.54) is 36.1 Å². The number of amides is 2. The zero-order chi connectivity index (χ0) is 20.5. The first-order valence-electron chi connectivity index (χ1n) is 8.85. The molecule has 2 fully saturated rings. The van der Waals surface area contributed by atoms with Gasteiger partial charge in [0, 0.05) is 19.4 Å². The van der Waals surface area contributed by atoms with Crippen molar-refractivity contribution in [3.63, 3.8) is 0 Å². The fourth-order valence-electron chi connectivity index (χ4n) is 3.52. The number of piperidine rings is 1. The van der Waals surface area contributed by atoms with Gasteiger partial charge in [-0.1, -0.05) is 12.1 Å². The SMILES string of the molecule is CC(=O)OC1CC(c2ccc(OC(F)(F)F)cc2)CN(C(=O)N2CC(O)C2)C1. The average Bonchev–Trinajstić information content (AvgIpc) is 2.57. The minimum absolute atomic E-state index is 0.215. The minimum atomic E-state index is -4.77. The molecule has 1 aromatic rings. The van der Waals surface area contributed by atoms with Crippen molar-refractivity contribution < 1.29 is 37.3 Å². The van der Waals surface area contributed by atoms with Crippen LogP contribution in [0, 0.1) is 0 Å². The monoisotopic (exact) mass is 402 g/mol. The van der Waals surface area contributed by atoms with E-state index < -0.39 is 24.5 Å². The molecule has 0 aromatic heterocycles. The van der Waals surface area contributed by atoms with Gasteiger partial charge in [-0.15, -0.1) is 13.2 Å². The molecule has 28 heavy (non-hydrogen) atoms. The van der Waals surface area contributed by atoms with E-state index in [0.717, 1.165) is 0 Å². The molecule has 3 rings (SSSR count). The number of carbonyl (C=O) groups excluding carboxylic acids is 2. The zero-order valence-corrected chi connectivity index (χ0v) is 15.2. The first-order chi connectivity index (χ1) is 13.1. The molecule has 2 amide bonds. The Bertz CT molecular complexity index is 719. The van der Waals surface area contributed by atoms with Crippen LogP contribution in [0.15, 0.2) is 24.3 Å². The first-order valence-corrected chi connectivity index (χ1v) is 8.85. The highest BCUT2D eigenvalue weighted by molar-refractivity contribution is 5.76. The van der Waals surface area contributed by atoms with Crippen molar-refractivity contribution in [3.8, 4) is 5.75 Å². The number of halogens is 3. The smallest absolute Gasteiger partial charge is 0.461 e. The lowest BCUT2D eigenvalue weighted by Crippen LogP contribution is -2.60. The van der Waals surface area contributed by atoms with Crippen molar-refractivity contribution in [2.24, 2.45) is 0 Å². The van der Waals surface area contributed by atoms with E-state index in [4.69, 9.17) is 4.74 Å². The van der Waals surface area contributed by atoms with Crippen LogP contribution in [-0.4, -0.2) is 71.7 Å². The van der Waals surface area contributed by atoms with E-state index in [9.17, 15) is 27.9 Å². The quantitative estimate of drug-likeness (QED) is 0.784. The van der Waals surface area contributed by atoms with E-state index in [0.29, 0.717) is 18.5 Å². The van der Waals surface area contributed by atoms with Gasteiger partial charge in [0.25, 0.3) is 0 Å². The van der Waals surface area contributed by atoms with Crippen molar-refractivity contribution in [1.82, 2.24) is 9.80 Å². The molecule has 0 spiro atoms. The summed E-state index contributed by atoms with van der Waals surface area (Å²) in [5, 5.41) is 9.40. The van der Waals surface area contributed by atoms with E-state index in [1.807, 2.05) is 0 Å². The third-order valence-corrected chi connectivity index (χ3v) is 4.73. The predicted octanol–water partition coefficient (Wildman–Crippen LogP) is 2.10. The normalized spacial score (nSPS) is 23.2. The number of ether oxygens (including phenoxy) is 2. The number of likely N-dealkylation sites (tertiary alicyclic amines) is 2. The Hall–Kier alpha value is -2.49. The molecular formula is C18H21F3N2O5. The van der Waals surface area contributed by atoms with Gasteiger partial charge in [0.05, 0.1) is 25.7 Å². The Morgan fingerprint density at radius 3 is 2.21 bits per heavy atom. The molecule has 2 atom stereocenters. The topological polar surface area (TPSA) is 79.3 Å². The van der Waals surface area contributed by atoms with Gasteiger partial charge in [-0.05, 0) is 24.1 Å². The Kier molecular flexibility index (Phi) is 5.69. The number of nitrogens with zero attached hydrogens (tertiary/aromatic N) is 2. The van der Waals surface area contributed by atoms with Crippen molar-refractivity contribution in [1.29, 1.82) is 0 Å². The minimum Gasteiger partial charge on any atom is -0.461 e. The second-order valence-electron chi connectivity index (χ2n) is 7.03. The number of β-amino-alcohol motifs (C(OH)–C–C–N with tert-alkyl or cyclic N) is 1. The summed E-state index contributed by atoms with van der Waals surface area (Å²) < 4.78 is 46.1. The van der Waals surface area contributed by atoms with Crippen molar-refractivity contribution in [3.05, 3.63) is 29.8 Å². The Balaban J connectivity index is 1.72. The summed E-state index contributed by atoms with van der Waals surface area (Å²) in [6, 6.07) is 5.20. The van der Waals surface area contributed by atoms with E-state index >= 15 is 0 Å². The maximum absolute atomic E-state index is 12.6. The number of hydrogen-bond acceptors (Lipinski definition) is 5. The van der Waals surface area contributed by atoms with Gasteiger partial charge >= 0.3 is 18.4 Å². The molecule has 10 heteroatoms. The fourth-order valence-corrected chi connectivity index (χ4v) is 3.52. The molecule has 2 aliphatic rings. The summed E-state index contributed by atoms with van der Waals surface area (Å²) in [6.07, 6.45) is -5.36. The van der Waals surface area contributed by atoms with Crippen LogP contribution >= 0.6 is 0 Å². The highest BCUT2D eigenvalue weighted by Gasteiger charge is 2.38. The number of aliphatic hydroxyl groups excluding tert-OH is 1. The van der Waals surface area contributed by atoms with Gasteiger partial charge in [0.2, 0.25) is 0 Å². The third kappa shape index (κ3) is 5.06. The summed E-state index contributed by atoms with van der Waals surface area (Å²) in [5.41, 5.74) is 0.716. The first kappa shape index (κ1) is 20.2. The van der Waals surface area contributed by atoms with Crippen LogP contribution in [0.2, 0.25) is 0 Å². The largest absolute Gasteiger partial charge is 0.573 e. The van der Waals surface area contributed by atoms with Crippen LogP contribution in [0.5, 0.6) is 5.75 Å². The van der Waals surface area contributed by atoms with Gasteiger partial charge in [-0.25, -0.2) is 4.79 Å². The molecule has 2 unspecified atom stereocenters. The molecule has 2 saturated heterocycles. The number of urea groups is 1. The highest BCUT2D eigenvalue weighted by atomic mass is 19.4. The Morgan fingerprint density at radius 2 is 1.68 bits per heavy atom. The van der Waals surface area contributed by atoms with Crippen LogP contribution < -0.4 is 4.74 Å². The number of benzene rings is 1. The van der Waals surface area contributed by atoms with Crippen molar-refractivity contribution >= 4 is 12.0 Å². The van der Waals surface area contributed by atoms with Gasteiger partial charge in [0.1, 0.15) is 11.9 Å². The average molecular weight is 402 g/mol. The van der Waals surface area contributed by atoms with Crippen LogP contribution in [0.25, 0.3) is 0 Å². The lowest BCUT2D eigenvalue weighted by Gasteiger charge is -2.43. The molecule has 0 radical (unpaired) electrons. The van der Waals surface area contributed by atoms with E-state index in [2.05, 4.69) is 4.74 Å². The van der Waals surface area contributed by atoms with Crippen LogP contribution in [0.3, 0.4) is 0 Å². The Morgan fingerprint density at radius 1 is 1.07 bits per heavy atom. The summed E-state index contributed by atoms with van der Waals surface area (Å²) in [4.78, 5) is 27.0. The highest BCUT2D eigenvalue weighted by Crippen LogP contribution is 2.32. The molecule has 0 aliphatic carbocycles. The molecule has 1 N–H and O–H groups in total. The Labute approximate surface area is 159 Å². The third-order valence-electron chi connectivity index (χ3n) is 4.73. The molecule has 1 aromatic carbocycles. The van der Waals surface area contributed by atoms with Gasteiger partial charge in [-0.3, -0.25) is 4.79 Å². The van der Waals surface area contributed by atoms with Crippen LogP contribution in [0.1, 0.15) is 24.8 Å². The molecule has 154 valence electrons. The number of rotatable bonds is 3. The molecule has 7 nitrogen and oxygen atoms in total. The van der Waals surface area contributed by atoms with Gasteiger partial charge in [-0.2, -0.15) is 0 Å². The molecule has 2 heterocycles. The maximum atomic E-state index is 12.6. The second kappa shape index (κ2) is 7.86. The second-order valence-corrected chi connectivity index (χ2v) is 7.03. The predicted molar refractivity (Wildman–Crippen MR) is 90.6 cm³/mol. The van der Waals surface area contributed by atoms with E-state index in [-0.39, 0.29) is 37.3 Å². The number of hydrogen-bond donors (Lipinski definition) is 1. The summed E-state index contributed by atoms with van der Waals surface area (Å²) in [6.45, 7) is 2.35. The summed E-state index contributed by atoms with van der Waals surface area (Å²) in [5.74, 6) is -1.01. The lowest BCUT2D eigenvalue weighted by atomic mass is 9.89. The molecule has 2 aliphatic heterocycles. The number of aliphatic hydroxyl groups is 1. The van der Waals surface area contributed by atoms with E-state index in [1.54, 1.807) is 4.90 Å². The summed E-state index contributed by atoms with van der Waals surface area (Å²) in [7, 11) is 0. The number of esters is 1. The van der Waals surface area contributed by atoms with Crippen LogP contribution in [-0.2, 0) is 9.53 Å². The number of alkyl halides is 3. The maximum Gasteiger partial charge on any atom is 0.573 e. The lowest BCUT2D eigenvalue weighted by molar-refractivity contribution is -0.274. The fraction of sp³-hybridized carbons (Fsp3) is 0.556. The van der Waals surface area contributed by atoms with Gasteiger partial charge in [0.15, 0.2) is 0 Å². The summed E-state index contributed by atoms with van der Waals surface area (Å²) >= 11 is 0. The number of carbonyl (C=O) groups is 2. The van der Waals surface area contributed by atoms with Crippen molar-refractivity contribution in [2.75, 3.05) is 26.2 Å². The molecule has 0 saturated carbocycles. The van der Waals surface area contributed by atoms with Crippen LogP contribution in [0.4, 0.5) is 18.0 Å².